The molecule has 3 nitrogen and oxygen atoms in total. The third-order valence-corrected chi connectivity index (χ3v) is 9.66. The average molecular weight is 622 g/mol. The van der Waals surface area contributed by atoms with Crippen LogP contribution < -0.4 is 0 Å². The van der Waals surface area contributed by atoms with Gasteiger partial charge in [-0.3, -0.25) is 0 Å². The molecule has 0 bridgehead atoms. The second-order valence-electron chi connectivity index (χ2n) is 12.3. The predicted molar refractivity (Wildman–Crippen MR) is 202 cm³/mol. The smallest absolute Gasteiger partial charge is 0.0998 e. The van der Waals surface area contributed by atoms with Crippen LogP contribution in [-0.2, 0) is 0 Å². The minimum Gasteiger partial charge on any atom is -0.309 e. The van der Waals surface area contributed by atoms with Crippen LogP contribution in [0, 0.1) is 22.7 Å². The van der Waals surface area contributed by atoms with E-state index in [9.17, 15) is 10.5 Å². The largest absolute Gasteiger partial charge is 0.309 e. The first kappa shape index (κ1) is 28.3. The molecule has 1 heterocycles. The number of nitrogens with zero attached hydrogens (tertiary/aromatic N) is 3. The van der Waals surface area contributed by atoms with Gasteiger partial charge in [0, 0.05) is 22.0 Å². The molecular formula is C46H27N3. The van der Waals surface area contributed by atoms with Gasteiger partial charge in [0.1, 0.15) is 0 Å². The Morgan fingerprint density at radius 3 is 1.47 bits per heavy atom. The summed E-state index contributed by atoms with van der Waals surface area (Å²) in [4.78, 5) is 0. The first-order valence-electron chi connectivity index (χ1n) is 16.3. The zero-order chi connectivity index (χ0) is 32.9. The van der Waals surface area contributed by atoms with E-state index < -0.39 is 0 Å². The maximum Gasteiger partial charge on any atom is 0.0998 e. The highest BCUT2D eigenvalue weighted by molar-refractivity contribution is 6.22. The molecule has 0 amide bonds. The summed E-state index contributed by atoms with van der Waals surface area (Å²) in [5, 5.41) is 27.6. The fraction of sp³-hybridized carbons (Fsp3) is 0. The van der Waals surface area contributed by atoms with Crippen LogP contribution in [-0.4, -0.2) is 4.57 Å². The first-order chi connectivity index (χ1) is 24.2. The van der Waals surface area contributed by atoms with Crippen LogP contribution in [0.1, 0.15) is 11.1 Å². The van der Waals surface area contributed by atoms with Crippen molar-refractivity contribution in [3.63, 3.8) is 0 Å². The van der Waals surface area contributed by atoms with Crippen molar-refractivity contribution in [2.24, 2.45) is 0 Å². The zero-order valence-electron chi connectivity index (χ0n) is 26.4. The Balaban J connectivity index is 1.33. The van der Waals surface area contributed by atoms with Gasteiger partial charge < -0.3 is 4.57 Å². The minimum absolute atomic E-state index is 0.569. The van der Waals surface area contributed by atoms with E-state index in [0.29, 0.717) is 11.1 Å². The van der Waals surface area contributed by atoms with Gasteiger partial charge in [-0.15, -0.1) is 0 Å². The van der Waals surface area contributed by atoms with Crippen LogP contribution >= 0.6 is 0 Å². The molecule has 0 saturated heterocycles. The molecule has 0 N–H and O–H groups in total. The van der Waals surface area contributed by atoms with E-state index in [1.54, 1.807) is 0 Å². The SMILES string of the molecule is N#Cc1ccc(-c2ccc(-n3c4ccccc4c4ccccc43)cc2C#N)c(-c2c3ccccc3c(-c3ccccc3)c3ccccc23)c1. The third kappa shape index (κ3) is 4.42. The predicted octanol–water partition coefficient (Wildman–Crippen LogP) is 11.8. The molecule has 0 atom stereocenters. The monoisotopic (exact) mass is 621 g/mol. The lowest BCUT2D eigenvalue weighted by Crippen LogP contribution is -1.97. The van der Waals surface area contributed by atoms with Gasteiger partial charge in [-0.1, -0.05) is 127 Å². The molecule has 1 aromatic heterocycles. The Labute approximate surface area is 283 Å². The second-order valence-corrected chi connectivity index (χ2v) is 12.3. The number of para-hydroxylation sites is 2. The fourth-order valence-electron chi connectivity index (χ4n) is 7.59. The van der Waals surface area contributed by atoms with Crippen molar-refractivity contribution >= 4 is 43.4 Å². The lowest BCUT2D eigenvalue weighted by atomic mass is 9.83. The summed E-state index contributed by atoms with van der Waals surface area (Å²) in [5.41, 5.74) is 10.3. The third-order valence-electron chi connectivity index (χ3n) is 9.66. The van der Waals surface area contributed by atoms with E-state index in [4.69, 9.17) is 0 Å². The number of benzene rings is 8. The van der Waals surface area contributed by atoms with Crippen molar-refractivity contribution in [2.45, 2.75) is 0 Å². The van der Waals surface area contributed by atoms with E-state index in [-0.39, 0.29) is 0 Å². The molecule has 0 unspecified atom stereocenters. The van der Waals surface area contributed by atoms with Gasteiger partial charge in [0.25, 0.3) is 0 Å². The lowest BCUT2D eigenvalue weighted by molar-refractivity contribution is 1.18. The summed E-state index contributed by atoms with van der Waals surface area (Å²) in [6.45, 7) is 0. The van der Waals surface area contributed by atoms with Crippen molar-refractivity contribution in [1.29, 1.82) is 10.5 Å². The van der Waals surface area contributed by atoms with Gasteiger partial charge >= 0.3 is 0 Å². The van der Waals surface area contributed by atoms with E-state index in [1.165, 1.54) is 16.3 Å². The number of nitriles is 2. The molecule has 3 heteroatoms. The summed E-state index contributed by atoms with van der Waals surface area (Å²) in [5.74, 6) is 0. The summed E-state index contributed by atoms with van der Waals surface area (Å²) in [7, 11) is 0. The van der Waals surface area contributed by atoms with E-state index in [1.807, 2.05) is 30.3 Å². The van der Waals surface area contributed by atoms with Gasteiger partial charge in [0.15, 0.2) is 0 Å². The van der Waals surface area contributed by atoms with Crippen LogP contribution in [0.5, 0.6) is 0 Å². The molecule has 0 spiro atoms. The van der Waals surface area contributed by atoms with Gasteiger partial charge in [0.05, 0.1) is 34.3 Å². The first-order valence-corrected chi connectivity index (χ1v) is 16.3. The Kier molecular flexibility index (Phi) is 6.58. The summed E-state index contributed by atoms with van der Waals surface area (Å²) < 4.78 is 2.23. The molecule has 226 valence electrons. The van der Waals surface area contributed by atoms with E-state index in [0.717, 1.165) is 66.1 Å². The fourth-order valence-corrected chi connectivity index (χ4v) is 7.59. The van der Waals surface area contributed by atoms with Crippen molar-refractivity contribution in [3.8, 4) is 51.2 Å². The highest BCUT2D eigenvalue weighted by Gasteiger charge is 2.21. The second kappa shape index (κ2) is 11.4. The summed E-state index contributed by atoms with van der Waals surface area (Å²) >= 11 is 0. The van der Waals surface area contributed by atoms with E-state index in [2.05, 4.69) is 150 Å². The number of fused-ring (bicyclic) bond motifs is 5. The number of rotatable bonds is 4. The quantitative estimate of drug-likeness (QED) is 0.184. The van der Waals surface area contributed by atoms with Crippen LogP contribution in [0.15, 0.2) is 164 Å². The van der Waals surface area contributed by atoms with Gasteiger partial charge in [-0.25, -0.2) is 0 Å². The van der Waals surface area contributed by atoms with Gasteiger partial charge in [-0.2, -0.15) is 10.5 Å². The molecule has 9 rings (SSSR count). The molecule has 0 aliphatic rings. The van der Waals surface area contributed by atoms with Crippen molar-refractivity contribution in [2.75, 3.05) is 0 Å². The lowest BCUT2D eigenvalue weighted by Gasteiger charge is -2.20. The number of hydrogen-bond acceptors (Lipinski definition) is 2. The van der Waals surface area contributed by atoms with Crippen LogP contribution in [0.2, 0.25) is 0 Å². The molecule has 8 aromatic carbocycles. The van der Waals surface area contributed by atoms with Crippen LogP contribution in [0.3, 0.4) is 0 Å². The maximum atomic E-state index is 10.7. The molecule has 0 fully saturated rings. The van der Waals surface area contributed by atoms with Crippen molar-refractivity contribution < 1.29 is 0 Å². The Hall–Kier alpha value is -6.94. The van der Waals surface area contributed by atoms with Gasteiger partial charge in [0.2, 0.25) is 0 Å². The van der Waals surface area contributed by atoms with Crippen molar-refractivity contribution in [3.05, 3.63) is 175 Å². The average Bonchev–Trinajstić information content (AvgIpc) is 3.51. The van der Waals surface area contributed by atoms with Crippen LogP contribution in [0.4, 0.5) is 0 Å². The van der Waals surface area contributed by atoms with Crippen molar-refractivity contribution in [1.82, 2.24) is 4.57 Å². The van der Waals surface area contributed by atoms with Crippen LogP contribution in [0.25, 0.3) is 82.4 Å². The Bertz CT molecular complexity index is 2740. The molecule has 0 aliphatic carbocycles. The van der Waals surface area contributed by atoms with E-state index >= 15 is 0 Å². The highest BCUT2D eigenvalue weighted by Crippen LogP contribution is 2.47. The standard InChI is InChI=1S/C46H27N3/c47-28-30-22-24-35(34-25-23-33(27-32(34)29-48)49-43-20-10-8-14-36(43)37-15-9-11-21-44(37)49)42(26-30)46-40-18-6-4-16-38(40)45(31-12-2-1-3-13-31)39-17-5-7-19-41(39)46/h1-27H. The maximum absolute atomic E-state index is 10.7. The zero-order valence-corrected chi connectivity index (χ0v) is 26.4. The normalized spacial score (nSPS) is 11.2. The number of aromatic nitrogens is 1. The Morgan fingerprint density at radius 1 is 0.388 bits per heavy atom. The van der Waals surface area contributed by atoms with Gasteiger partial charge in [-0.05, 0) is 85.8 Å². The molecule has 0 aliphatic heterocycles. The highest BCUT2D eigenvalue weighted by atomic mass is 15.0. The molecular weight excluding hydrogens is 595 g/mol. The molecule has 9 aromatic rings. The minimum atomic E-state index is 0.569. The summed E-state index contributed by atoms with van der Waals surface area (Å²) in [6, 6.07) is 61.2. The number of hydrogen-bond donors (Lipinski definition) is 0. The summed E-state index contributed by atoms with van der Waals surface area (Å²) in [6.07, 6.45) is 0. The molecule has 49 heavy (non-hydrogen) atoms. The topological polar surface area (TPSA) is 52.5 Å². The Morgan fingerprint density at radius 2 is 0.898 bits per heavy atom. The molecule has 0 radical (unpaired) electrons. The molecule has 0 saturated carbocycles.